The molecule has 1 N–H and O–H groups in total. The fourth-order valence-electron chi connectivity index (χ4n) is 2.60. The zero-order valence-corrected chi connectivity index (χ0v) is 13.0. The van der Waals surface area contributed by atoms with Gasteiger partial charge >= 0.3 is 0 Å². The quantitative estimate of drug-likeness (QED) is 0.889. The number of fused-ring (bicyclic) bond motifs is 1. The monoisotopic (exact) mass is 323 g/mol. The van der Waals surface area contributed by atoms with Crippen LogP contribution in [0.3, 0.4) is 0 Å². The molecule has 1 aromatic carbocycles. The number of amides is 1. The average molecular weight is 323 g/mol. The summed E-state index contributed by atoms with van der Waals surface area (Å²) in [5.41, 5.74) is 1.25. The van der Waals surface area contributed by atoms with Gasteiger partial charge < -0.3 is 14.8 Å². The summed E-state index contributed by atoms with van der Waals surface area (Å²) in [6.07, 6.45) is 2.22. The third-order valence-corrected chi connectivity index (χ3v) is 5.56. The van der Waals surface area contributed by atoms with Crippen LogP contribution in [0.1, 0.15) is 12.0 Å². The summed E-state index contributed by atoms with van der Waals surface area (Å²) in [5, 5.41) is 2.77. The molecule has 0 radical (unpaired) electrons. The van der Waals surface area contributed by atoms with Crippen molar-refractivity contribution in [2.45, 2.75) is 12.5 Å². The highest BCUT2D eigenvalue weighted by Crippen LogP contribution is 2.30. The van der Waals surface area contributed by atoms with Crippen LogP contribution in [0.25, 0.3) is 6.08 Å². The highest BCUT2D eigenvalue weighted by atomic mass is 32.2. The van der Waals surface area contributed by atoms with Crippen LogP contribution in [-0.2, 0) is 14.6 Å². The summed E-state index contributed by atoms with van der Waals surface area (Å²) in [4.78, 5) is 12.2. The van der Waals surface area contributed by atoms with Gasteiger partial charge in [0.15, 0.2) is 9.84 Å². The first-order valence-corrected chi connectivity index (χ1v) is 8.82. The van der Waals surface area contributed by atoms with Crippen molar-refractivity contribution in [2.24, 2.45) is 0 Å². The van der Waals surface area contributed by atoms with Gasteiger partial charge in [0.25, 0.3) is 5.91 Å². The van der Waals surface area contributed by atoms with E-state index in [4.69, 9.17) is 9.47 Å². The lowest BCUT2D eigenvalue weighted by Gasteiger charge is -2.19. The number of benzene rings is 1. The van der Waals surface area contributed by atoms with E-state index in [1.54, 1.807) is 31.4 Å². The van der Waals surface area contributed by atoms with Crippen LogP contribution in [-0.4, -0.2) is 45.6 Å². The second kappa shape index (κ2) is 5.64. The molecule has 0 unspecified atom stereocenters. The average Bonchev–Trinajstić information content (AvgIpc) is 2.84. The van der Waals surface area contributed by atoms with Gasteiger partial charge in [0.1, 0.15) is 18.1 Å². The van der Waals surface area contributed by atoms with Crippen molar-refractivity contribution in [2.75, 3.05) is 25.2 Å². The molecule has 6 nitrogen and oxygen atoms in total. The molecule has 1 aromatic rings. The summed E-state index contributed by atoms with van der Waals surface area (Å²) in [7, 11) is -1.44. The molecule has 7 heteroatoms. The molecule has 0 aromatic heterocycles. The van der Waals surface area contributed by atoms with Gasteiger partial charge in [0.05, 0.1) is 24.2 Å². The lowest BCUT2D eigenvalue weighted by molar-refractivity contribution is -0.118. The maximum Gasteiger partial charge on any atom is 0.250 e. The largest absolute Gasteiger partial charge is 0.497 e. The van der Waals surface area contributed by atoms with Crippen LogP contribution in [0, 0.1) is 0 Å². The number of methoxy groups -OCH3 is 1. The maximum atomic E-state index is 12.2. The number of sulfone groups is 1. The molecule has 0 bridgehead atoms. The van der Waals surface area contributed by atoms with Crippen molar-refractivity contribution >= 4 is 21.8 Å². The van der Waals surface area contributed by atoms with Crippen molar-refractivity contribution in [3.63, 3.8) is 0 Å². The Balaban J connectivity index is 1.74. The fourth-order valence-corrected chi connectivity index (χ4v) is 4.27. The van der Waals surface area contributed by atoms with Gasteiger partial charge in [-0.3, -0.25) is 4.79 Å². The van der Waals surface area contributed by atoms with E-state index in [1.165, 1.54) is 0 Å². The highest BCUT2D eigenvalue weighted by molar-refractivity contribution is 7.91. The molecule has 1 fully saturated rings. The fraction of sp³-hybridized carbons (Fsp3) is 0.400. The van der Waals surface area contributed by atoms with Gasteiger partial charge in [-0.15, -0.1) is 0 Å². The maximum absolute atomic E-state index is 12.2. The van der Waals surface area contributed by atoms with Crippen molar-refractivity contribution in [3.05, 3.63) is 29.3 Å². The van der Waals surface area contributed by atoms with Crippen LogP contribution in [0.15, 0.2) is 23.8 Å². The topological polar surface area (TPSA) is 81.7 Å². The number of rotatable bonds is 3. The van der Waals surface area contributed by atoms with E-state index in [-0.39, 0.29) is 30.1 Å². The molecule has 1 saturated heterocycles. The highest BCUT2D eigenvalue weighted by Gasteiger charge is 2.30. The van der Waals surface area contributed by atoms with Gasteiger partial charge in [-0.1, -0.05) is 0 Å². The predicted octanol–water partition coefficient (Wildman–Crippen LogP) is 0.774. The van der Waals surface area contributed by atoms with Crippen LogP contribution in [0.5, 0.6) is 11.5 Å². The van der Waals surface area contributed by atoms with Crippen LogP contribution < -0.4 is 14.8 Å². The van der Waals surface area contributed by atoms with Gasteiger partial charge in [-0.05, 0) is 30.7 Å². The molecule has 0 aliphatic carbocycles. The third-order valence-electron chi connectivity index (χ3n) is 3.79. The van der Waals surface area contributed by atoms with E-state index in [2.05, 4.69) is 5.32 Å². The predicted molar refractivity (Wildman–Crippen MR) is 81.7 cm³/mol. The molecule has 2 aliphatic heterocycles. The minimum atomic E-state index is -3.01. The minimum absolute atomic E-state index is 0.0112. The van der Waals surface area contributed by atoms with Gasteiger partial charge in [0, 0.05) is 11.6 Å². The number of ether oxygens (including phenoxy) is 2. The molecule has 3 rings (SSSR count). The second-order valence-corrected chi connectivity index (χ2v) is 7.66. The molecular weight excluding hydrogens is 306 g/mol. The summed E-state index contributed by atoms with van der Waals surface area (Å²) < 4.78 is 33.6. The Morgan fingerprint density at radius 2 is 2.23 bits per heavy atom. The van der Waals surface area contributed by atoms with Gasteiger partial charge in [-0.2, -0.15) is 0 Å². The number of carbonyl (C=O) groups is 1. The molecule has 0 saturated carbocycles. The molecule has 2 heterocycles. The Kier molecular flexibility index (Phi) is 3.82. The van der Waals surface area contributed by atoms with Crippen molar-refractivity contribution in [3.8, 4) is 11.5 Å². The Bertz CT molecular complexity index is 738. The Morgan fingerprint density at radius 1 is 1.41 bits per heavy atom. The molecule has 22 heavy (non-hydrogen) atoms. The zero-order valence-electron chi connectivity index (χ0n) is 12.2. The van der Waals surface area contributed by atoms with Crippen LogP contribution in [0.2, 0.25) is 0 Å². The number of carbonyl (C=O) groups excluding carboxylic acids is 1. The molecule has 1 amide bonds. The van der Waals surface area contributed by atoms with E-state index in [0.29, 0.717) is 23.5 Å². The Hall–Kier alpha value is -2.02. The lowest BCUT2D eigenvalue weighted by Crippen LogP contribution is -2.38. The molecule has 0 spiro atoms. The molecular formula is C15H17NO5S. The van der Waals surface area contributed by atoms with Crippen molar-refractivity contribution < 1.29 is 22.7 Å². The smallest absolute Gasteiger partial charge is 0.250 e. The number of hydrogen-bond acceptors (Lipinski definition) is 5. The summed E-state index contributed by atoms with van der Waals surface area (Å²) >= 11 is 0. The lowest BCUT2D eigenvalue weighted by atomic mass is 10.1. The zero-order chi connectivity index (χ0) is 15.7. The van der Waals surface area contributed by atoms with E-state index in [1.807, 2.05) is 0 Å². The second-order valence-electron chi connectivity index (χ2n) is 5.44. The van der Waals surface area contributed by atoms with Crippen molar-refractivity contribution in [1.29, 1.82) is 0 Å². The van der Waals surface area contributed by atoms with Crippen molar-refractivity contribution in [1.82, 2.24) is 5.32 Å². The molecule has 2 aliphatic rings. The van der Waals surface area contributed by atoms with Gasteiger partial charge in [-0.25, -0.2) is 8.42 Å². The number of nitrogens with one attached hydrogen (secondary N) is 1. The normalized spacial score (nSPS) is 22.2. The first-order chi connectivity index (χ1) is 10.5. The first-order valence-electron chi connectivity index (χ1n) is 6.99. The molecule has 1 atom stereocenters. The van der Waals surface area contributed by atoms with Crippen LogP contribution in [0.4, 0.5) is 0 Å². The number of hydrogen-bond donors (Lipinski definition) is 1. The molecule has 118 valence electrons. The summed E-state index contributed by atoms with van der Waals surface area (Å²) in [6, 6.07) is 5.07. The van der Waals surface area contributed by atoms with Crippen LogP contribution >= 0.6 is 0 Å². The SMILES string of the molecule is COc1ccc2c(c1)C=C(C(=O)N[C@@H]1CCS(=O)(=O)C1)CO2. The van der Waals surface area contributed by atoms with E-state index < -0.39 is 9.84 Å². The first kappa shape index (κ1) is 14.9. The Morgan fingerprint density at radius 3 is 2.91 bits per heavy atom. The van der Waals surface area contributed by atoms with E-state index in [0.717, 1.165) is 5.56 Å². The third kappa shape index (κ3) is 3.09. The minimum Gasteiger partial charge on any atom is -0.497 e. The van der Waals surface area contributed by atoms with Gasteiger partial charge in [0.2, 0.25) is 0 Å². The van der Waals surface area contributed by atoms with E-state index >= 15 is 0 Å². The summed E-state index contributed by atoms with van der Waals surface area (Å²) in [6.45, 7) is 0.171. The van der Waals surface area contributed by atoms with E-state index in [9.17, 15) is 13.2 Å². The Labute approximate surface area is 129 Å². The standard InChI is InChI=1S/C15H17NO5S/c1-20-13-2-3-14-10(7-13)6-11(8-21-14)15(17)16-12-4-5-22(18,19)9-12/h2-3,6-7,12H,4-5,8-9H2,1H3,(H,16,17)/t12-/m1/s1. The summed E-state index contributed by atoms with van der Waals surface area (Å²) in [5.74, 6) is 1.24.